The highest BCUT2D eigenvalue weighted by Gasteiger charge is 1.95. The molecule has 0 radical (unpaired) electrons. The van der Waals surface area contributed by atoms with Gasteiger partial charge in [-0.3, -0.25) is 4.99 Å². The van der Waals surface area contributed by atoms with E-state index in [2.05, 4.69) is 11.7 Å². The van der Waals surface area contributed by atoms with Gasteiger partial charge in [0.05, 0.1) is 0 Å². The number of hydrogen-bond acceptors (Lipinski definition) is 2. The second-order valence-electron chi connectivity index (χ2n) is 2.78. The molecule has 1 aromatic rings. The first-order valence-corrected chi connectivity index (χ1v) is 4.01. The summed E-state index contributed by atoms with van der Waals surface area (Å²) in [6, 6.07) is 7.96. The summed E-state index contributed by atoms with van der Waals surface area (Å²) < 4.78 is 0. The molecule has 1 rings (SSSR count). The summed E-state index contributed by atoms with van der Waals surface area (Å²) in [6.07, 6.45) is 2.86. The van der Waals surface area contributed by atoms with Gasteiger partial charge in [0, 0.05) is 18.0 Å². The highest BCUT2D eigenvalue weighted by atomic mass is 14.6. The normalized spacial score (nSPS) is 11.0. The van der Waals surface area contributed by atoms with E-state index >= 15 is 0 Å². The molecule has 1 aromatic carbocycles. The zero-order valence-corrected chi connectivity index (χ0v) is 7.62. The Labute approximate surface area is 78.1 Å². The lowest BCUT2D eigenvalue weighted by atomic mass is 10.1. The molecule has 0 aliphatic heterocycles. The largest absolute Gasteiger partial charge is 0.308 e. The van der Waals surface area contributed by atoms with E-state index in [0.717, 1.165) is 11.1 Å². The molecule has 1 N–H and O–H groups in total. The zero-order valence-electron chi connectivity index (χ0n) is 7.62. The maximum absolute atomic E-state index is 7.17. The van der Waals surface area contributed by atoms with Crippen LogP contribution in [0.4, 0.5) is 0 Å². The molecule has 0 spiro atoms. The summed E-state index contributed by atoms with van der Waals surface area (Å²) in [5.41, 5.74) is 2.97. The van der Waals surface area contributed by atoms with Gasteiger partial charge < -0.3 is 5.41 Å². The van der Waals surface area contributed by atoms with Crippen molar-refractivity contribution in [2.24, 2.45) is 4.99 Å². The third-order valence-corrected chi connectivity index (χ3v) is 1.77. The molecule has 0 atom stereocenters. The van der Waals surface area contributed by atoms with Crippen LogP contribution >= 0.6 is 0 Å². The van der Waals surface area contributed by atoms with Crippen molar-refractivity contribution in [1.82, 2.24) is 0 Å². The fourth-order valence-electron chi connectivity index (χ4n) is 1.04. The van der Waals surface area contributed by atoms with Crippen molar-refractivity contribution in [2.75, 3.05) is 0 Å². The maximum Gasteiger partial charge on any atom is 0.0354 e. The van der Waals surface area contributed by atoms with Crippen LogP contribution in [-0.4, -0.2) is 12.9 Å². The molecular weight excluding hydrogens is 160 g/mol. The quantitative estimate of drug-likeness (QED) is 0.680. The number of allylic oxidation sites excluding steroid dienone is 1. The third kappa shape index (κ3) is 2.37. The summed E-state index contributed by atoms with van der Waals surface area (Å²) in [6.45, 7) is 5.39. The van der Waals surface area contributed by atoms with Crippen LogP contribution in [-0.2, 0) is 0 Å². The van der Waals surface area contributed by atoms with Crippen LogP contribution < -0.4 is 0 Å². The molecule has 0 saturated heterocycles. The third-order valence-electron chi connectivity index (χ3n) is 1.77. The van der Waals surface area contributed by atoms with Gasteiger partial charge in [0.1, 0.15) is 0 Å². The van der Waals surface area contributed by atoms with Gasteiger partial charge in [-0.1, -0.05) is 29.8 Å². The van der Waals surface area contributed by atoms with Crippen LogP contribution in [0.5, 0.6) is 0 Å². The summed E-state index contributed by atoms with van der Waals surface area (Å²) in [5, 5.41) is 7.17. The van der Waals surface area contributed by atoms with Gasteiger partial charge in [-0.05, 0) is 19.2 Å². The fraction of sp³-hybridized carbons (Fsp3) is 0.0909. The Hall–Kier alpha value is -1.70. The number of hydrogen-bond donors (Lipinski definition) is 1. The molecule has 0 heterocycles. The minimum absolute atomic E-state index is 0.773. The van der Waals surface area contributed by atoms with Crippen molar-refractivity contribution in [2.45, 2.75) is 6.92 Å². The van der Waals surface area contributed by atoms with Crippen LogP contribution in [0.1, 0.15) is 11.1 Å². The van der Waals surface area contributed by atoms with E-state index in [-0.39, 0.29) is 0 Å². The summed E-state index contributed by atoms with van der Waals surface area (Å²) in [7, 11) is 0. The number of aryl methyl sites for hydroxylation is 1. The Morgan fingerprint density at radius 2 is 2.00 bits per heavy atom. The Bertz CT molecular complexity index is 334. The van der Waals surface area contributed by atoms with Gasteiger partial charge in [-0.15, -0.1) is 0 Å². The van der Waals surface area contributed by atoms with Crippen LogP contribution in [0.3, 0.4) is 0 Å². The van der Waals surface area contributed by atoms with E-state index in [1.807, 2.05) is 31.2 Å². The predicted octanol–water partition coefficient (Wildman–Crippen LogP) is 2.69. The Morgan fingerprint density at radius 3 is 2.46 bits per heavy atom. The topological polar surface area (TPSA) is 36.2 Å². The van der Waals surface area contributed by atoms with Crippen molar-refractivity contribution >= 4 is 18.5 Å². The second-order valence-corrected chi connectivity index (χ2v) is 2.78. The molecule has 13 heavy (non-hydrogen) atoms. The van der Waals surface area contributed by atoms with E-state index in [9.17, 15) is 0 Å². The Balaban J connectivity index is 3.06. The van der Waals surface area contributed by atoms with Crippen LogP contribution in [0.2, 0.25) is 0 Å². The average molecular weight is 172 g/mol. The van der Waals surface area contributed by atoms with Gasteiger partial charge >= 0.3 is 0 Å². The molecule has 0 aromatic heterocycles. The molecule has 0 amide bonds. The Morgan fingerprint density at radius 1 is 1.38 bits per heavy atom. The molecular formula is C11H12N2. The van der Waals surface area contributed by atoms with Gasteiger partial charge in [0.25, 0.3) is 0 Å². The molecule has 2 heteroatoms. The molecule has 0 saturated carbocycles. The van der Waals surface area contributed by atoms with E-state index in [0.29, 0.717) is 0 Å². The zero-order chi connectivity index (χ0) is 9.68. The summed E-state index contributed by atoms with van der Waals surface area (Å²) in [4.78, 5) is 3.64. The number of nitrogens with zero attached hydrogens (tertiary/aromatic N) is 1. The van der Waals surface area contributed by atoms with Crippen molar-refractivity contribution in [1.29, 1.82) is 5.41 Å². The molecule has 0 bridgehead atoms. The smallest absolute Gasteiger partial charge is 0.0354 e. The number of aliphatic imine (C=N–C) groups is 1. The molecule has 66 valence electrons. The molecule has 0 aliphatic carbocycles. The lowest BCUT2D eigenvalue weighted by molar-refractivity contribution is 1.45. The highest BCUT2D eigenvalue weighted by molar-refractivity contribution is 6.08. The van der Waals surface area contributed by atoms with Crippen molar-refractivity contribution < 1.29 is 0 Å². The predicted molar refractivity (Wildman–Crippen MR) is 57.5 cm³/mol. The van der Waals surface area contributed by atoms with Crippen molar-refractivity contribution in [3.63, 3.8) is 0 Å². The van der Waals surface area contributed by atoms with Gasteiger partial charge in [0.15, 0.2) is 0 Å². The SMILES string of the molecule is C=N/C=C(\C=N)c1ccc(C)cc1. The van der Waals surface area contributed by atoms with Gasteiger partial charge in [-0.25, -0.2) is 0 Å². The number of nitrogens with one attached hydrogen (secondary N) is 1. The summed E-state index contributed by atoms with van der Waals surface area (Å²) in [5.74, 6) is 0. The highest BCUT2D eigenvalue weighted by Crippen LogP contribution is 2.12. The minimum atomic E-state index is 0.773. The van der Waals surface area contributed by atoms with Crippen molar-refractivity contribution in [3.8, 4) is 0 Å². The average Bonchev–Trinajstić information content (AvgIpc) is 2.16. The molecule has 0 fully saturated rings. The van der Waals surface area contributed by atoms with Crippen molar-refractivity contribution in [3.05, 3.63) is 41.6 Å². The first kappa shape index (κ1) is 9.39. The van der Waals surface area contributed by atoms with Gasteiger partial charge in [-0.2, -0.15) is 0 Å². The van der Waals surface area contributed by atoms with Gasteiger partial charge in [0.2, 0.25) is 0 Å². The lowest BCUT2D eigenvalue weighted by Gasteiger charge is -1.99. The first-order valence-electron chi connectivity index (χ1n) is 4.01. The van der Waals surface area contributed by atoms with Crippen LogP contribution in [0, 0.1) is 12.3 Å². The first-order chi connectivity index (χ1) is 6.27. The molecule has 0 unspecified atom stereocenters. The second kappa shape index (κ2) is 4.36. The molecule has 2 nitrogen and oxygen atoms in total. The van der Waals surface area contributed by atoms with E-state index in [1.54, 1.807) is 6.20 Å². The fourth-order valence-corrected chi connectivity index (χ4v) is 1.04. The molecule has 0 aliphatic rings. The van der Waals surface area contributed by atoms with Crippen LogP contribution in [0.15, 0.2) is 35.5 Å². The minimum Gasteiger partial charge on any atom is -0.308 e. The summed E-state index contributed by atoms with van der Waals surface area (Å²) >= 11 is 0. The number of rotatable bonds is 3. The monoisotopic (exact) mass is 172 g/mol. The Kier molecular flexibility index (Phi) is 3.15. The van der Waals surface area contributed by atoms with E-state index in [4.69, 9.17) is 5.41 Å². The van der Waals surface area contributed by atoms with Crippen LogP contribution in [0.25, 0.3) is 5.57 Å². The van der Waals surface area contributed by atoms with E-state index < -0.39 is 0 Å². The maximum atomic E-state index is 7.17. The lowest BCUT2D eigenvalue weighted by Crippen LogP contribution is -1.84. The number of benzene rings is 1. The standard InChI is InChI=1S/C11H12N2/c1-9-3-5-10(6-4-9)11(7-12)8-13-2/h3-8,12H,2H2,1H3/b11-8+,12-7?. The van der Waals surface area contributed by atoms with E-state index in [1.165, 1.54) is 11.8 Å².